The lowest BCUT2D eigenvalue weighted by molar-refractivity contribution is 0.0703. The van der Waals surface area contributed by atoms with Crippen molar-refractivity contribution >= 4 is 5.91 Å². The van der Waals surface area contributed by atoms with Crippen molar-refractivity contribution in [3.8, 4) is 0 Å². The topological polar surface area (TPSA) is 88.1 Å². The van der Waals surface area contributed by atoms with Gasteiger partial charge in [0.2, 0.25) is 0 Å². The number of hydrogen-bond donors (Lipinski definition) is 1. The summed E-state index contributed by atoms with van der Waals surface area (Å²) < 4.78 is 1.40. The molecule has 1 saturated heterocycles. The van der Waals surface area contributed by atoms with Crippen LogP contribution in [0.1, 0.15) is 34.8 Å². The maximum absolute atomic E-state index is 12.6. The number of aromatic amines is 1. The molecule has 2 aromatic heterocycles. The fourth-order valence-corrected chi connectivity index (χ4v) is 2.94. The molecule has 3 heterocycles. The summed E-state index contributed by atoms with van der Waals surface area (Å²) in [6.45, 7) is 1.07. The molecule has 7 heteroatoms. The number of likely N-dealkylation sites (tertiary alicyclic amines) is 1. The Hall–Kier alpha value is -2.70. The molecule has 0 radical (unpaired) electrons. The molecule has 1 N–H and O–H groups in total. The van der Waals surface area contributed by atoms with Gasteiger partial charge in [-0.3, -0.25) is 14.4 Å². The molecule has 0 spiro atoms. The highest BCUT2D eigenvalue weighted by molar-refractivity contribution is 5.93. The van der Waals surface area contributed by atoms with Crippen LogP contribution in [0.4, 0.5) is 0 Å². The van der Waals surface area contributed by atoms with Gasteiger partial charge in [0.25, 0.3) is 17.0 Å². The van der Waals surface area contributed by atoms with Gasteiger partial charge in [-0.05, 0) is 25.0 Å². The molecule has 23 heavy (non-hydrogen) atoms. The Kier molecular flexibility index (Phi) is 4.10. The van der Waals surface area contributed by atoms with E-state index < -0.39 is 0 Å². The fraction of sp³-hybridized carbons (Fsp3) is 0.375. The first kappa shape index (κ1) is 15.2. The van der Waals surface area contributed by atoms with Crippen LogP contribution in [0.5, 0.6) is 0 Å². The maximum Gasteiger partial charge on any atom is 0.263 e. The highest BCUT2D eigenvalue weighted by atomic mass is 16.2. The SMILES string of the molecule is Cn1cccc(C(=O)N2CCC[C@H](c3cc(=O)[nH]cn3)C2)c1=O. The Balaban J connectivity index is 1.83. The summed E-state index contributed by atoms with van der Waals surface area (Å²) in [6.07, 6.45) is 4.69. The number of pyridine rings is 1. The van der Waals surface area contributed by atoms with Crippen LogP contribution in [0.25, 0.3) is 0 Å². The lowest BCUT2D eigenvalue weighted by atomic mass is 9.94. The summed E-state index contributed by atoms with van der Waals surface area (Å²) in [7, 11) is 1.62. The third-order valence-corrected chi connectivity index (χ3v) is 4.18. The smallest absolute Gasteiger partial charge is 0.263 e. The molecule has 0 bridgehead atoms. The number of amides is 1. The zero-order valence-corrected chi connectivity index (χ0v) is 12.9. The molecule has 0 unspecified atom stereocenters. The Bertz CT molecular complexity index is 839. The Labute approximate surface area is 132 Å². The minimum atomic E-state index is -0.297. The van der Waals surface area contributed by atoms with E-state index in [1.807, 2.05) is 0 Å². The molecule has 7 nitrogen and oxygen atoms in total. The molecule has 1 fully saturated rings. The second-order valence-electron chi connectivity index (χ2n) is 5.76. The third-order valence-electron chi connectivity index (χ3n) is 4.18. The number of rotatable bonds is 2. The molecule has 1 amide bonds. The number of nitrogens with zero attached hydrogens (tertiary/aromatic N) is 3. The van der Waals surface area contributed by atoms with E-state index in [0.29, 0.717) is 18.8 Å². The number of carbonyl (C=O) groups excluding carboxylic acids is 1. The van der Waals surface area contributed by atoms with Crippen LogP contribution < -0.4 is 11.1 Å². The molecule has 120 valence electrons. The maximum atomic E-state index is 12.6. The normalized spacial score (nSPS) is 18.0. The highest BCUT2D eigenvalue weighted by Crippen LogP contribution is 2.25. The van der Waals surface area contributed by atoms with E-state index in [9.17, 15) is 14.4 Å². The molecule has 3 rings (SSSR count). The van der Waals surface area contributed by atoms with E-state index in [4.69, 9.17) is 0 Å². The van der Waals surface area contributed by atoms with Crippen LogP contribution in [0.15, 0.2) is 40.3 Å². The van der Waals surface area contributed by atoms with Crippen LogP contribution in [-0.2, 0) is 7.05 Å². The van der Waals surface area contributed by atoms with Crippen LogP contribution in [-0.4, -0.2) is 38.4 Å². The minimum Gasteiger partial charge on any atom is -0.338 e. The van der Waals surface area contributed by atoms with Gasteiger partial charge in [-0.2, -0.15) is 0 Å². The molecule has 0 aromatic carbocycles. The second kappa shape index (κ2) is 6.20. The Morgan fingerprint density at radius 2 is 2.22 bits per heavy atom. The molecular weight excluding hydrogens is 296 g/mol. The lowest BCUT2D eigenvalue weighted by Gasteiger charge is -2.32. The number of piperidine rings is 1. The molecule has 1 aliphatic rings. The lowest BCUT2D eigenvalue weighted by Crippen LogP contribution is -2.42. The van der Waals surface area contributed by atoms with E-state index in [1.54, 1.807) is 30.3 Å². The summed E-state index contributed by atoms with van der Waals surface area (Å²) in [5.74, 6) is -0.247. The number of H-pyrrole nitrogens is 1. The van der Waals surface area contributed by atoms with E-state index in [1.165, 1.54) is 17.0 Å². The van der Waals surface area contributed by atoms with Gasteiger partial charge in [-0.15, -0.1) is 0 Å². The molecule has 1 atom stereocenters. The van der Waals surface area contributed by atoms with Crippen molar-refractivity contribution in [2.24, 2.45) is 7.05 Å². The van der Waals surface area contributed by atoms with Crippen molar-refractivity contribution in [3.05, 3.63) is 62.7 Å². The van der Waals surface area contributed by atoms with Crippen molar-refractivity contribution in [3.63, 3.8) is 0 Å². The summed E-state index contributed by atoms with van der Waals surface area (Å²) in [4.78, 5) is 44.5. The van der Waals surface area contributed by atoms with Gasteiger partial charge >= 0.3 is 0 Å². The summed E-state index contributed by atoms with van der Waals surface area (Å²) >= 11 is 0. The number of aryl methyl sites for hydroxylation is 1. The standard InChI is InChI=1S/C16H18N4O3/c1-19-6-3-5-12(15(19)22)16(23)20-7-2-4-11(9-20)13-8-14(21)18-10-17-13/h3,5-6,8,10-11H,2,4,7,9H2,1H3,(H,17,18,21)/t11-/m0/s1. The first-order chi connectivity index (χ1) is 11.1. The first-order valence-electron chi connectivity index (χ1n) is 7.56. The predicted molar refractivity (Wildman–Crippen MR) is 84.4 cm³/mol. The predicted octanol–water partition coefficient (Wildman–Crippen LogP) is 0.488. The summed E-state index contributed by atoms with van der Waals surface area (Å²) in [5.41, 5.74) is 0.367. The van der Waals surface area contributed by atoms with E-state index in [2.05, 4.69) is 9.97 Å². The van der Waals surface area contributed by atoms with Crippen molar-refractivity contribution < 1.29 is 4.79 Å². The van der Waals surface area contributed by atoms with Crippen LogP contribution in [0.3, 0.4) is 0 Å². The molecular formula is C16H18N4O3. The quantitative estimate of drug-likeness (QED) is 0.874. The summed E-state index contributed by atoms with van der Waals surface area (Å²) in [5, 5.41) is 0. The van der Waals surface area contributed by atoms with Crippen molar-refractivity contribution in [2.45, 2.75) is 18.8 Å². The fourth-order valence-electron chi connectivity index (χ4n) is 2.94. The molecule has 2 aromatic rings. The van der Waals surface area contributed by atoms with E-state index in [-0.39, 0.29) is 28.5 Å². The van der Waals surface area contributed by atoms with Gasteiger partial charge < -0.3 is 14.5 Å². The van der Waals surface area contributed by atoms with E-state index >= 15 is 0 Å². The molecule has 1 aliphatic heterocycles. The third kappa shape index (κ3) is 3.08. The number of carbonyl (C=O) groups is 1. The number of aromatic nitrogens is 3. The summed E-state index contributed by atoms with van der Waals surface area (Å²) in [6, 6.07) is 4.72. The second-order valence-corrected chi connectivity index (χ2v) is 5.76. The van der Waals surface area contributed by atoms with Gasteiger partial charge in [0.1, 0.15) is 5.56 Å². The monoisotopic (exact) mass is 314 g/mol. The van der Waals surface area contributed by atoms with Crippen molar-refractivity contribution in [1.29, 1.82) is 0 Å². The van der Waals surface area contributed by atoms with Crippen molar-refractivity contribution in [2.75, 3.05) is 13.1 Å². The minimum absolute atomic E-state index is 0.0163. The largest absolute Gasteiger partial charge is 0.338 e. The number of nitrogens with one attached hydrogen (secondary N) is 1. The van der Waals surface area contributed by atoms with Gasteiger partial charge in [-0.1, -0.05) is 0 Å². The first-order valence-corrected chi connectivity index (χ1v) is 7.56. The highest BCUT2D eigenvalue weighted by Gasteiger charge is 2.27. The van der Waals surface area contributed by atoms with Crippen LogP contribution in [0.2, 0.25) is 0 Å². The van der Waals surface area contributed by atoms with E-state index in [0.717, 1.165) is 12.8 Å². The number of hydrogen-bond acceptors (Lipinski definition) is 4. The van der Waals surface area contributed by atoms with Gasteiger partial charge in [0.15, 0.2) is 0 Å². The van der Waals surface area contributed by atoms with Gasteiger partial charge in [0, 0.05) is 38.3 Å². The van der Waals surface area contributed by atoms with Crippen molar-refractivity contribution in [1.82, 2.24) is 19.4 Å². The van der Waals surface area contributed by atoms with Crippen LogP contribution >= 0.6 is 0 Å². The molecule has 0 aliphatic carbocycles. The van der Waals surface area contributed by atoms with Gasteiger partial charge in [0.05, 0.1) is 12.0 Å². The average Bonchev–Trinajstić information content (AvgIpc) is 2.57. The average molecular weight is 314 g/mol. The zero-order valence-electron chi connectivity index (χ0n) is 12.9. The zero-order chi connectivity index (χ0) is 16.4. The van der Waals surface area contributed by atoms with Crippen LogP contribution in [0, 0.1) is 0 Å². The van der Waals surface area contributed by atoms with Gasteiger partial charge in [-0.25, -0.2) is 4.98 Å². The molecule has 0 saturated carbocycles. The Morgan fingerprint density at radius 1 is 1.39 bits per heavy atom. The Morgan fingerprint density at radius 3 is 3.00 bits per heavy atom.